The molecule has 1 aliphatic rings. The number of nitrogens with zero attached hydrogens (tertiary/aromatic N) is 6. The maximum absolute atomic E-state index is 10.8. The molecule has 1 N–H and O–H groups in total. The molecule has 3 rings (SSSR count). The summed E-state index contributed by atoms with van der Waals surface area (Å²) in [6.45, 7) is 7.49. The molecule has 0 saturated carbocycles. The number of carboxylic acids is 1. The monoisotopic (exact) mass is 290 g/mol. The first-order valence-electron chi connectivity index (χ1n) is 6.97. The Bertz CT molecular complexity index is 655. The molecule has 0 unspecified atom stereocenters. The number of carbonyl (C=O) groups is 1. The van der Waals surface area contributed by atoms with Crippen LogP contribution in [0.5, 0.6) is 0 Å². The summed E-state index contributed by atoms with van der Waals surface area (Å²) in [5.74, 6) is -1.04. The molecule has 112 valence electrons. The van der Waals surface area contributed by atoms with Gasteiger partial charge in [0.25, 0.3) is 0 Å². The largest absolute Gasteiger partial charge is 0.476 e. The predicted molar refractivity (Wildman–Crippen MR) is 73.9 cm³/mol. The van der Waals surface area contributed by atoms with Crippen LogP contribution in [0.2, 0.25) is 0 Å². The summed E-state index contributed by atoms with van der Waals surface area (Å²) in [5, 5.41) is 20.8. The van der Waals surface area contributed by atoms with Crippen LogP contribution in [0.3, 0.4) is 0 Å². The Morgan fingerprint density at radius 3 is 2.86 bits per heavy atom. The maximum Gasteiger partial charge on any atom is 0.358 e. The molecule has 3 heterocycles. The molecule has 0 aliphatic carbocycles. The van der Waals surface area contributed by atoms with Gasteiger partial charge in [-0.25, -0.2) is 9.48 Å². The Kier molecular flexibility index (Phi) is 3.46. The molecule has 8 nitrogen and oxygen atoms in total. The molecule has 0 radical (unpaired) electrons. The Morgan fingerprint density at radius 1 is 1.48 bits per heavy atom. The van der Waals surface area contributed by atoms with Gasteiger partial charge in [-0.3, -0.25) is 9.58 Å². The van der Waals surface area contributed by atoms with Crippen LogP contribution in [0.25, 0.3) is 0 Å². The zero-order valence-corrected chi connectivity index (χ0v) is 12.1. The van der Waals surface area contributed by atoms with Gasteiger partial charge in [0.05, 0.1) is 23.6 Å². The van der Waals surface area contributed by atoms with Crippen LogP contribution in [0.15, 0.2) is 12.3 Å². The van der Waals surface area contributed by atoms with Crippen molar-refractivity contribution >= 4 is 5.97 Å². The van der Waals surface area contributed by atoms with Gasteiger partial charge in [-0.05, 0) is 19.9 Å². The van der Waals surface area contributed by atoms with Crippen LogP contribution < -0.4 is 0 Å². The van der Waals surface area contributed by atoms with Gasteiger partial charge in [0.1, 0.15) is 0 Å². The number of hydrogen-bond donors (Lipinski definition) is 1. The zero-order chi connectivity index (χ0) is 15.0. The van der Waals surface area contributed by atoms with Crippen molar-refractivity contribution in [2.24, 2.45) is 0 Å². The number of hydrogen-bond acceptors (Lipinski definition) is 5. The van der Waals surface area contributed by atoms with Crippen molar-refractivity contribution in [3.8, 4) is 0 Å². The second-order valence-corrected chi connectivity index (χ2v) is 5.33. The summed E-state index contributed by atoms with van der Waals surface area (Å²) in [6.07, 6.45) is 1.49. The summed E-state index contributed by atoms with van der Waals surface area (Å²) in [6, 6.07) is 2.30. The summed E-state index contributed by atoms with van der Waals surface area (Å²) in [5.41, 5.74) is 2.23. The predicted octanol–water partition coefficient (Wildman–Crippen LogP) is 0.558. The number of aromatic nitrogens is 5. The van der Waals surface area contributed by atoms with E-state index in [-0.39, 0.29) is 11.7 Å². The van der Waals surface area contributed by atoms with Crippen LogP contribution in [-0.4, -0.2) is 53.8 Å². The number of likely N-dealkylation sites (tertiary alicyclic amines) is 1. The Balaban J connectivity index is 1.59. The molecule has 0 bridgehead atoms. The Labute approximate surface area is 122 Å². The van der Waals surface area contributed by atoms with Crippen molar-refractivity contribution in [1.82, 2.24) is 29.7 Å². The second kappa shape index (κ2) is 5.28. The molecule has 1 aliphatic heterocycles. The van der Waals surface area contributed by atoms with E-state index in [0.29, 0.717) is 0 Å². The van der Waals surface area contributed by atoms with Crippen LogP contribution in [0, 0.1) is 6.92 Å². The minimum Gasteiger partial charge on any atom is -0.476 e. The molecule has 2 aromatic heterocycles. The van der Waals surface area contributed by atoms with Gasteiger partial charge in [0.2, 0.25) is 0 Å². The quantitative estimate of drug-likeness (QED) is 0.865. The first-order valence-corrected chi connectivity index (χ1v) is 6.97. The van der Waals surface area contributed by atoms with E-state index < -0.39 is 5.97 Å². The van der Waals surface area contributed by atoms with E-state index in [9.17, 15) is 4.79 Å². The maximum atomic E-state index is 10.8. The number of carboxylic acid groups (broad SMARTS) is 1. The second-order valence-electron chi connectivity index (χ2n) is 5.33. The van der Waals surface area contributed by atoms with E-state index >= 15 is 0 Å². The highest BCUT2D eigenvalue weighted by atomic mass is 16.4. The lowest BCUT2D eigenvalue weighted by atomic mass is 10.1. The molecule has 21 heavy (non-hydrogen) atoms. The average Bonchev–Trinajstić information content (AvgIpc) is 2.99. The lowest BCUT2D eigenvalue weighted by Gasteiger charge is -2.38. The van der Waals surface area contributed by atoms with E-state index in [1.165, 1.54) is 11.9 Å². The zero-order valence-electron chi connectivity index (χ0n) is 12.1. The lowest BCUT2D eigenvalue weighted by Crippen LogP contribution is -2.47. The number of aromatic carboxylic acids is 1. The van der Waals surface area contributed by atoms with Crippen molar-refractivity contribution in [3.63, 3.8) is 0 Å². The molecule has 0 atom stereocenters. The van der Waals surface area contributed by atoms with Crippen LogP contribution in [-0.2, 0) is 13.1 Å². The van der Waals surface area contributed by atoms with Crippen LogP contribution >= 0.6 is 0 Å². The third-order valence-electron chi connectivity index (χ3n) is 3.71. The van der Waals surface area contributed by atoms with Crippen molar-refractivity contribution < 1.29 is 9.90 Å². The van der Waals surface area contributed by atoms with Crippen LogP contribution in [0.1, 0.15) is 34.8 Å². The Hall–Kier alpha value is -2.22. The lowest BCUT2D eigenvalue weighted by molar-refractivity contribution is 0.0690. The van der Waals surface area contributed by atoms with E-state index in [0.717, 1.165) is 31.9 Å². The minimum atomic E-state index is -1.04. The summed E-state index contributed by atoms with van der Waals surface area (Å²) < 4.78 is 3.66. The average molecular weight is 290 g/mol. The highest BCUT2D eigenvalue weighted by Gasteiger charge is 2.30. The fraction of sp³-hybridized carbons (Fsp3) is 0.538. The topological polar surface area (TPSA) is 89.1 Å². The fourth-order valence-electron chi connectivity index (χ4n) is 2.62. The highest BCUT2D eigenvalue weighted by molar-refractivity contribution is 5.84. The van der Waals surface area contributed by atoms with Gasteiger partial charge in [-0.15, -0.1) is 5.10 Å². The van der Waals surface area contributed by atoms with E-state index in [2.05, 4.69) is 33.3 Å². The highest BCUT2D eigenvalue weighted by Crippen LogP contribution is 2.22. The van der Waals surface area contributed by atoms with Crippen molar-refractivity contribution in [1.29, 1.82) is 0 Å². The standard InChI is InChI=1S/C13H18N6O2/c1-3-18-10(4-9(2)15-18)5-17-6-11(7-17)19-8-12(13(20)21)14-16-19/h4,8,11H,3,5-7H2,1-2H3,(H,20,21). The van der Waals surface area contributed by atoms with E-state index in [1.54, 1.807) is 4.68 Å². The van der Waals surface area contributed by atoms with Gasteiger partial charge in [0.15, 0.2) is 5.69 Å². The van der Waals surface area contributed by atoms with Gasteiger partial charge >= 0.3 is 5.97 Å². The molecular formula is C13H18N6O2. The number of aryl methyl sites for hydroxylation is 2. The molecule has 0 aromatic carbocycles. The Morgan fingerprint density at radius 2 is 2.24 bits per heavy atom. The molecule has 0 amide bonds. The first kappa shape index (κ1) is 13.7. The molecule has 8 heteroatoms. The SMILES string of the molecule is CCn1nc(C)cc1CN1CC(n2cc(C(=O)O)nn2)C1. The first-order chi connectivity index (χ1) is 10.1. The normalized spacial score (nSPS) is 16.1. The van der Waals surface area contributed by atoms with E-state index in [4.69, 9.17) is 5.11 Å². The van der Waals surface area contributed by atoms with Gasteiger partial charge in [-0.2, -0.15) is 5.10 Å². The third kappa shape index (κ3) is 2.66. The van der Waals surface area contributed by atoms with Crippen LogP contribution in [0.4, 0.5) is 0 Å². The smallest absolute Gasteiger partial charge is 0.358 e. The minimum absolute atomic E-state index is 0.00636. The summed E-state index contributed by atoms with van der Waals surface area (Å²) in [4.78, 5) is 13.1. The van der Waals surface area contributed by atoms with Crippen molar-refractivity contribution in [2.75, 3.05) is 13.1 Å². The summed E-state index contributed by atoms with van der Waals surface area (Å²) >= 11 is 0. The van der Waals surface area contributed by atoms with E-state index in [1.807, 2.05) is 11.6 Å². The number of rotatable bonds is 5. The summed E-state index contributed by atoms with van der Waals surface area (Å²) in [7, 11) is 0. The molecule has 1 saturated heterocycles. The third-order valence-corrected chi connectivity index (χ3v) is 3.71. The fourth-order valence-corrected chi connectivity index (χ4v) is 2.62. The van der Waals surface area contributed by atoms with Gasteiger partial charge < -0.3 is 5.11 Å². The molecule has 2 aromatic rings. The molecule has 1 fully saturated rings. The van der Waals surface area contributed by atoms with Gasteiger partial charge in [0, 0.05) is 26.2 Å². The van der Waals surface area contributed by atoms with Crippen molar-refractivity contribution in [2.45, 2.75) is 33.0 Å². The van der Waals surface area contributed by atoms with Gasteiger partial charge in [-0.1, -0.05) is 5.21 Å². The molecule has 0 spiro atoms. The van der Waals surface area contributed by atoms with Crippen molar-refractivity contribution in [3.05, 3.63) is 29.3 Å². The molecular weight excluding hydrogens is 272 g/mol.